The van der Waals surface area contributed by atoms with Crippen LogP contribution in [0.15, 0.2) is 42.5 Å². The first kappa shape index (κ1) is 20.4. The highest BCUT2D eigenvalue weighted by Crippen LogP contribution is 2.19. The molecule has 2 aromatic rings. The minimum absolute atomic E-state index is 0.0353. The highest BCUT2D eigenvalue weighted by Gasteiger charge is 2.16. The summed E-state index contributed by atoms with van der Waals surface area (Å²) in [5.41, 5.74) is 0.0991. The van der Waals surface area contributed by atoms with Gasteiger partial charge in [0.15, 0.2) is 0 Å². The normalized spacial score (nSPS) is 10.5. The number of rotatable bonds is 9. The van der Waals surface area contributed by atoms with Gasteiger partial charge in [0.05, 0.1) is 12.7 Å². The summed E-state index contributed by atoms with van der Waals surface area (Å²) in [5.74, 6) is -0.129. The number of nitrogens with zero attached hydrogens (tertiary/aromatic N) is 1. The van der Waals surface area contributed by atoms with Crippen molar-refractivity contribution in [3.05, 3.63) is 53.9 Å². The number of esters is 2. The first-order valence-electron chi connectivity index (χ1n) is 9.12. The molecule has 0 unspecified atom stereocenters. The minimum Gasteiger partial charge on any atom is -0.494 e. The number of hydrogen-bond donors (Lipinski definition) is 0. The van der Waals surface area contributed by atoms with Crippen molar-refractivity contribution in [2.24, 2.45) is 0 Å². The Labute approximate surface area is 159 Å². The summed E-state index contributed by atoms with van der Waals surface area (Å²) >= 11 is 0. The molecule has 0 aliphatic carbocycles. The fourth-order valence-corrected chi connectivity index (χ4v) is 2.24. The summed E-state index contributed by atoms with van der Waals surface area (Å²) in [7, 11) is 0. The molecule has 0 atom stereocenters. The molecule has 6 heteroatoms. The van der Waals surface area contributed by atoms with Crippen LogP contribution in [0.1, 0.15) is 61.0 Å². The van der Waals surface area contributed by atoms with E-state index in [9.17, 15) is 9.59 Å². The number of unbranched alkanes of at least 4 members (excludes halogenated alkanes) is 2. The molecule has 27 heavy (non-hydrogen) atoms. The third kappa shape index (κ3) is 6.73. The SMILES string of the molecule is CCCCCOc1ccc(OC(=O)c2cccc(C(=O)OC(C)C)n2)cc1. The summed E-state index contributed by atoms with van der Waals surface area (Å²) < 4.78 is 16.0. The Bertz CT molecular complexity index is 755. The zero-order valence-corrected chi connectivity index (χ0v) is 15.9. The first-order chi connectivity index (χ1) is 13.0. The van der Waals surface area contributed by atoms with Crippen molar-refractivity contribution in [3.63, 3.8) is 0 Å². The Balaban J connectivity index is 1.95. The van der Waals surface area contributed by atoms with E-state index in [1.54, 1.807) is 44.2 Å². The maximum Gasteiger partial charge on any atom is 0.362 e. The highest BCUT2D eigenvalue weighted by atomic mass is 16.5. The number of benzene rings is 1. The van der Waals surface area contributed by atoms with E-state index in [4.69, 9.17) is 14.2 Å². The topological polar surface area (TPSA) is 74.7 Å². The third-order valence-electron chi connectivity index (χ3n) is 3.56. The quantitative estimate of drug-likeness (QED) is 0.369. The van der Waals surface area contributed by atoms with Crippen LogP contribution in [0.2, 0.25) is 0 Å². The van der Waals surface area contributed by atoms with Gasteiger partial charge in [-0.15, -0.1) is 0 Å². The molecule has 0 fully saturated rings. The summed E-state index contributed by atoms with van der Waals surface area (Å²) in [6.45, 7) is 6.29. The second kappa shape index (κ2) is 10.3. The van der Waals surface area contributed by atoms with Crippen LogP contribution in [0, 0.1) is 0 Å². The molecule has 1 aromatic carbocycles. The fraction of sp³-hybridized carbons (Fsp3) is 0.381. The van der Waals surface area contributed by atoms with E-state index in [0.29, 0.717) is 12.4 Å². The zero-order valence-electron chi connectivity index (χ0n) is 15.9. The van der Waals surface area contributed by atoms with Crippen molar-refractivity contribution in [3.8, 4) is 11.5 Å². The standard InChI is InChI=1S/C21H25NO5/c1-4-5-6-14-25-16-10-12-17(13-11-16)27-21(24)19-9-7-8-18(22-19)20(23)26-15(2)3/h7-13,15H,4-6,14H2,1-3H3. The number of aromatic nitrogens is 1. The average molecular weight is 371 g/mol. The number of hydrogen-bond acceptors (Lipinski definition) is 6. The van der Waals surface area contributed by atoms with Crippen LogP contribution in [0.5, 0.6) is 11.5 Å². The lowest BCUT2D eigenvalue weighted by Crippen LogP contribution is -2.16. The van der Waals surface area contributed by atoms with Crippen molar-refractivity contribution in [1.29, 1.82) is 0 Å². The molecular weight excluding hydrogens is 346 g/mol. The molecule has 0 aliphatic heterocycles. The Hall–Kier alpha value is -2.89. The van der Waals surface area contributed by atoms with Gasteiger partial charge in [-0.2, -0.15) is 0 Å². The summed E-state index contributed by atoms with van der Waals surface area (Å²) in [6, 6.07) is 11.4. The van der Waals surface area contributed by atoms with Crippen LogP contribution in [-0.4, -0.2) is 29.6 Å². The van der Waals surface area contributed by atoms with Crippen LogP contribution >= 0.6 is 0 Å². The minimum atomic E-state index is -0.647. The van der Waals surface area contributed by atoms with Crippen molar-refractivity contribution in [1.82, 2.24) is 4.98 Å². The summed E-state index contributed by atoms with van der Waals surface area (Å²) in [6.07, 6.45) is 3.02. The van der Waals surface area contributed by atoms with E-state index in [1.165, 1.54) is 12.1 Å². The Morgan fingerprint density at radius 1 is 0.926 bits per heavy atom. The average Bonchev–Trinajstić information content (AvgIpc) is 2.66. The number of carbonyl (C=O) groups is 2. The van der Waals surface area contributed by atoms with E-state index >= 15 is 0 Å². The Kier molecular flexibility index (Phi) is 7.79. The number of pyridine rings is 1. The Morgan fingerprint density at radius 3 is 2.19 bits per heavy atom. The van der Waals surface area contributed by atoms with Gasteiger partial charge >= 0.3 is 11.9 Å². The first-order valence-corrected chi connectivity index (χ1v) is 9.12. The number of ether oxygens (including phenoxy) is 3. The van der Waals surface area contributed by atoms with Gasteiger partial charge in [-0.3, -0.25) is 0 Å². The molecular formula is C21H25NO5. The lowest BCUT2D eigenvalue weighted by molar-refractivity contribution is 0.0370. The van der Waals surface area contributed by atoms with Gasteiger partial charge < -0.3 is 14.2 Å². The van der Waals surface area contributed by atoms with E-state index in [0.717, 1.165) is 25.0 Å². The summed E-state index contributed by atoms with van der Waals surface area (Å²) in [4.78, 5) is 28.2. The van der Waals surface area contributed by atoms with E-state index in [1.807, 2.05) is 0 Å². The molecule has 0 aliphatic rings. The second-order valence-corrected chi connectivity index (χ2v) is 6.28. The van der Waals surface area contributed by atoms with E-state index in [2.05, 4.69) is 11.9 Å². The van der Waals surface area contributed by atoms with Crippen molar-refractivity contribution >= 4 is 11.9 Å². The molecule has 0 N–H and O–H groups in total. The molecule has 1 heterocycles. The predicted octanol–water partition coefficient (Wildman–Crippen LogP) is 4.44. The molecule has 0 bridgehead atoms. The van der Waals surface area contributed by atoms with E-state index < -0.39 is 11.9 Å². The third-order valence-corrected chi connectivity index (χ3v) is 3.56. The molecule has 0 saturated carbocycles. The highest BCUT2D eigenvalue weighted by molar-refractivity contribution is 5.92. The molecule has 0 amide bonds. The monoisotopic (exact) mass is 371 g/mol. The van der Waals surface area contributed by atoms with Crippen LogP contribution in [-0.2, 0) is 4.74 Å². The largest absolute Gasteiger partial charge is 0.494 e. The molecule has 0 spiro atoms. The molecule has 2 rings (SSSR count). The van der Waals surface area contributed by atoms with Gasteiger partial charge in [0.2, 0.25) is 0 Å². The lowest BCUT2D eigenvalue weighted by atomic mass is 10.2. The maximum atomic E-state index is 12.3. The van der Waals surface area contributed by atoms with Crippen molar-refractivity contribution in [2.45, 2.75) is 46.1 Å². The smallest absolute Gasteiger partial charge is 0.362 e. The molecule has 144 valence electrons. The van der Waals surface area contributed by atoms with Gasteiger partial charge in [0.1, 0.15) is 22.9 Å². The van der Waals surface area contributed by atoms with Gasteiger partial charge in [-0.25, -0.2) is 14.6 Å². The van der Waals surface area contributed by atoms with Crippen LogP contribution in [0.25, 0.3) is 0 Å². The lowest BCUT2D eigenvalue weighted by Gasteiger charge is -2.09. The van der Waals surface area contributed by atoms with Crippen LogP contribution in [0.4, 0.5) is 0 Å². The maximum absolute atomic E-state index is 12.3. The van der Waals surface area contributed by atoms with Crippen LogP contribution in [0.3, 0.4) is 0 Å². The van der Waals surface area contributed by atoms with Gasteiger partial charge in [0, 0.05) is 0 Å². The molecule has 1 aromatic heterocycles. The predicted molar refractivity (Wildman–Crippen MR) is 101 cm³/mol. The second-order valence-electron chi connectivity index (χ2n) is 6.28. The number of carbonyl (C=O) groups excluding carboxylic acids is 2. The van der Waals surface area contributed by atoms with Crippen LogP contribution < -0.4 is 9.47 Å². The molecule has 0 saturated heterocycles. The van der Waals surface area contributed by atoms with Gasteiger partial charge in [-0.1, -0.05) is 25.8 Å². The van der Waals surface area contributed by atoms with Gasteiger partial charge in [-0.05, 0) is 56.7 Å². The summed E-state index contributed by atoms with van der Waals surface area (Å²) in [5, 5.41) is 0. The van der Waals surface area contributed by atoms with Crippen molar-refractivity contribution < 1.29 is 23.8 Å². The fourth-order valence-electron chi connectivity index (χ4n) is 2.24. The van der Waals surface area contributed by atoms with Gasteiger partial charge in [0.25, 0.3) is 0 Å². The Morgan fingerprint density at radius 2 is 1.56 bits per heavy atom. The zero-order chi connectivity index (χ0) is 19.6. The molecule has 0 radical (unpaired) electrons. The molecule has 6 nitrogen and oxygen atoms in total. The van der Waals surface area contributed by atoms with Crippen molar-refractivity contribution in [2.75, 3.05) is 6.61 Å². The van der Waals surface area contributed by atoms with E-state index in [-0.39, 0.29) is 17.5 Å².